The van der Waals surface area contributed by atoms with Gasteiger partial charge in [0.15, 0.2) is 9.84 Å². The van der Waals surface area contributed by atoms with Crippen LogP contribution in [0.3, 0.4) is 0 Å². The lowest BCUT2D eigenvalue weighted by Crippen LogP contribution is -2.43. The molecule has 3 unspecified atom stereocenters. The molecule has 1 aliphatic heterocycles. The van der Waals surface area contributed by atoms with Gasteiger partial charge in [-0.3, -0.25) is 0 Å². The summed E-state index contributed by atoms with van der Waals surface area (Å²) in [5.41, 5.74) is 0.555. The standard InChI is InChI=1S/C14H20FNO2S/c1-8(2)16-14-9(3)10(4)19(17,18)13-6-5-11(15)7-12(13)14/h5-10,14,16H,1-4H3. The zero-order valence-corrected chi connectivity index (χ0v) is 12.5. The van der Waals surface area contributed by atoms with E-state index in [0.717, 1.165) is 0 Å². The number of sulfone groups is 1. The molecular formula is C14H20FNO2S. The van der Waals surface area contributed by atoms with Gasteiger partial charge in [0.1, 0.15) is 5.82 Å². The molecule has 1 N–H and O–H groups in total. The Morgan fingerprint density at radius 2 is 1.89 bits per heavy atom. The largest absolute Gasteiger partial charge is 0.307 e. The molecule has 1 aromatic carbocycles. The van der Waals surface area contributed by atoms with Crippen molar-refractivity contribution in [1.82, 2.24) is 5.32 Å². The van der Waals surface area contributed by atoms with Crippen molar-refractivity contribution in [2.24, 2.45) is 5.92 Å². The number of halogens is 1. The molecule has 0 spiro atoms. The molecule has 3 atom stereocenters. The summed E-state index contributed by atoms with van der Waals surface area (Å²) in [5, 5.41) is 2.88. The molecule has 1 aromatic rings. The van der Waals surface area contributed by atoms with Gasteiger partial charge in [-0.2, -0.15) is 0 Å². The molecule has 0 saturated heterocycles. The molecule has 1 aliphatic rings. The summed E-state index contributed by atoms with van der Waals surface area (Å²) >= 11 is 0. The minimum Gasteiger partial charge on any atom is -0.307 e. The Bertz CT molecular complexity index is 583. The van der Waals surface area contributed by atoms with E-state index >= 15 is 0 Å². The van der Waals surface area contributed by atoms with Crippen molar-refractivity contribution in [3.8, 4) is 0 Å². The van der Waals surface area contributed by atoms with Crippen molar-refractivity contribution in [2.45, 2.75) is 49.9 Å². The van der Waals surface area contributed by atoms with E-state index in [9.17, 15) is 12.8 Å². The van der Waals surface area contributed by atoms with Gasteiger partial charge in [0.25, 0.3) is 0 Å². The molecule has 1 heterocycles. The first-order valence-corrected chi connectivity index (χ1v) is 8.09. The number of hydrogen-bond acceptors (Lipinski definition) is 3. The first-order valence-electron chi connectivity index (χ1n) is 6.54. The third-order valence-electron chi connectivity index (χ3n) is 3.88. The Labute approximate surface area is 114 Å². The number of fused-ring (bicyclic) bond motifs is 1. The monoisotopic (exact) mass is 285 g/mol. The van der Waals surface area contributed by atoms with Crippen molar-refractivity contribution in [1.29, 1.82) is 0 Å². The summed E-state index contributed by atoms with van der Waals surface area (Å²) in [7, 11) is -3.36. The molecule has 0 radical (unpaired) electrons. The molecular weight excluding hydrogens is 265 g/mol. The molecule has 2 rings (SSSR count). The molecule has 0 aliphatic carbocycles. The minimum absolute atomic E-state index is 0.0956. The van der Waals surface area contributed by atoms with Crippen molar-refractivity contribution >= 4 is 9.84 Å². The Morgan fingerprint density at radius 3 is 2.47 bits per heavy atom. The van der Waals surface area contributed by atoms with Gasteiger partial charge in [-0.05, 0) is 36.6 Å². The molecule has 5 heteroatoms. The second-order valence-corrected chi connectivity index (χ2v) is 7.86. The van der Waals surface area contributed by atoms with Crippen LogP contribution in [0.25, 0.3) is 0 Å². The van der Waals surface area contributed by atoms with Gasteiger partial charge in [-0.15, -0.1) is 0 Å². The van der Waals surface area contributed by atoms with Crippen LogP contribution in [0.4, 0.5) is 4.39 Å². The third kappa shape index (κ3) is 2.41. The van der Waals surface area contributed by atoms with E-state index in [1.807, 2.05) is 20.8 Å². The van der Waals surface area contributed by atoms with Crippen LogP contribution in [0.2, 0.25) is 0 Å². The van der Waals surface area contributed by atoms with Crippen molar-refractivity contribution in [2.75, 3.05) is 0 Å². The lowest BCUT2D eigenvalue weighted by molar-refractivity contribution is 0.335. The van der Waals surface area contributed by atoms with Gasteiger partial charge in [0, 0.05) is 12.1 Å². The predicted octanol–water partition coefficient (Wildman–Crippen LogP) is 2.68. The van der Waals surface area contributed by atoms with Gasteiger partial charge < -0.3 is 5.32 Å². The summed E-state index contributed by atoms with van der Waals surface area (Å²) < 4.78 is 38.3. The van der Waals surface area contributed by atoms with E-state index in [1.165, 1.54) is 18.2 Å². The maximum atomic E-state index is 13.5. The van der Waals surface area contributed by atoms with E-state index < -0.39 is 20.9 Å². The van der Waals surface area contributed by atoms with Gasteiger partial charge in [-0.1, -0.05) is 20.8 Å². The van der Waals surface area contributed by atoms with Gasteiger partial charge in [-0.25, -0.2) is 12.8 Å². The van der Waals surface area contributed by atoms with Crippen LogP contribution in [0.1, 0.15) is 39.3 Å². The predicted molar refractivity (Wildman–Crippen MR) is 73.2 cm³/mol. The number of nitrogens with one attached hydrogen (secondary N) is 1. The Kier molecular flexibility index (Phi) is 3.71. The molecule has 106 valence electrons. The summed E-state index contributed by atoms with van der Waals surface area (Å²) in [6.07, 6.45) is 0. The third-order valence-corrected chi connectivity index (χ3v) is 6.28. The highest BCUT2D eigenvalue weighted by Gasteiger charge is 2.41. The van der Waals surface area contributed by atoms with E-state index in [-0.39, 0.29) is 22.9 Å². The van der Waals surface area contributed by atoms with Crippen LogP contribution >= 0.6 is 0 Å². The second-order valence-electron chi connectivity index (χ2n) is 5.59. The topological polar surface area (TPSA) is 46.2 Å². The molecule has 0 aromatic heterocycles. The van der Waals surface area contributed by atoms with Gasteiger partial charge >= 0.3 is 0 Å². The van der Waals surface area contributed by atoms with Crippen molar-refractivity contribution in [3.05, 3.63) is 29.6 Å². The highest BCUT2D eigenvalue weighted by Crippen LogP contribution is 2.40. The first-order chi connectivity index (χ1) is 8.75. The van der Waals surface area contributed by atoms with E-state index in [1.54, 1.807) is 6.92 Å². The van der Waals surface area contributed by atoms with Crippen molar-refractivity contribution in [3.63, 3.8) is 0 Å². The second kappa shape index (κ2) is 4.87. The lowest BCUT2D eigenvalue weighted by atomic mass is 9.90. The molecule has 0 bridgehead atoms. The van der Waals surface area contributed by atoms with Gasteiger partial charge in [0.2, 0.25) is 0 Å². The average Bonchev–Trinajstić information content (AvgIpc) is 2.32. The quantitative estimate of drug-likeness (QED) is 0.850. The highest BCUT2D eigenvalue weighted by molar-refractivity contribution is 7.92. The smallest absolute Gasteiger partial charge is 0.181 e. The SMILES string of the molecule is CC(C)NC1c2cc(F)ccc2S(=O)(=O)C(C)C1C. The first kappa shape index (κ1) is 14.5. The fraction of sp³-hybridized carbons (Fsp3) is 0.571. The van der Waals surface area contributed by atoms with Crippen LogP contribution in [0.5, 0.6) is 0 Å². The maximum Gasteiger partial charge on any atom is 0.181 e. The molecule has 0 fully saturated rings. The summed E-state index contributed by atoms with van der Waals surface area (Å²) in [4.78, 5) is 0.262. The Hall–Kier alpha value is -0.940. The summed E-state index contributed by atoms with van der Waals surface area (Å²) in [5.74, 6) is -0.493. The molecule has 3 nitrogen and oxygen atoms in total. The molecule has 19 heavy (non-hydrogen) atoms. The fourth-order valence-electron chi connectivity index (χ4n) is 2.66. The summed E-state index contributed by atoms with van der Waals surface area (Å²) in [6.45, 7) is 7.62. The summed E-state index contributed by atoms with van der Waals surface area (Å²) in [6, 6.07) is 4.01. The van der Waals surface area contributed by atoms with E-state index in [4.69, 9.17) is 0 Å². The maximum absolute atomic E-state index is 13.5. The van der Waals surface area contributed by atoms with Crippen molar-refractivity contribution < 1.29 is 12.8 Å². The minimum atomic E-state index is -3.36. The van der Waals surface area contributed by atoms with Crippen LogP contribution in [0, 0.1) is 11.7 Å². The zero-order valence-electron chi connectivity index (χ0n) is 11.6. The van der Waals surface area contributed by atoms with E-state index in [2.05, 4.69) is 5.32 Å². The number of rotatable bonds is 2. The van der Waals surface area contributed by atoms with Crippen LogP contribution in [0.15, 0.2) is 23.1 Å². The van der Waals surface area contributed by atoms with Gasteiger partial charge in [0.05, 0.1) is 10.1 Å². The van der Waals surface area contributed by atoms with Crippen LogP contribution in [-0.2, 0) is 9.84 Å². The normalized spacial score (nSPS) is 29.3. The zero-order chi connectivity index (χ0) is 14.4. The average molecular weight is 285 g/mol. The Morgan fingerprint density at radius 1 is 1.26 bits per heavy atom. The lowest BCUT2D eigenvalue weighted by Gasteiger charge is -2.37. The fourth-order valence-corrected chi connectivity index (χ4v) is 4.55. The molecule has 0 amide bonds. The molecule has 0 saturated carbocycles. The Balaban J connectivity index is 2.63. The van der Waals surface area contributed by atoms with Crippen LogP contribution < -0.4 is 5.32 Å². The number of benzene rings is 1. The van der Waals surface area contributed by atoms with Crippen LogP contribution in [-0.4, -0.2) is 19.7 Å². The number of hydrogen-bond donors (Lipinski definition) is 1. The highest BCUT2D eigenvalue weighted by atomic mass is 32.2. The van der Waals surface area contributed by atoms with E-state index in [0.29, 0.717) is 5.56 Å².